The van der Waals surface area contributed by atoms with E-state index in [9.17, 15) is 16.7 Å². The van der Waals surface area contributed by atoms with Crippen molar-refractivity contribution in [2.24, 2.45) is 0 Å². The van der Waals surface area contributed by atoms with Gasteiger partial charge in [-0.15, -0.1) is 0 Å². The fourth-order valence-corrected chi connectivity index (χ4v) is 1.45. The first-order valence-electron chi connectivity index (χ1n) is 2.68. The monoisotopic (exact) mass is 213 g/mol. The second kappa shape index (κ2) is 2.95. The molecule has 0 bridgehead atoms. The van der Waals surface area contributed by atoms with Crippen molar-refractivity contribution in [3.63, 3.8) is 0 Å². The van der Waals surface area contributed by atoms with E-state index in [-0.39, 0.29) is 0 Å². The highest BCUT2D eigenvalue weighted by Crippen LogP contribution is 2.20. The lowest BCUT2D eigenvalue weighted by Crippen LogP contribution is -1.98. The minimum Gasteiger partial charge on any atom is -0.204 e. The molecule has 1 aromatic heterocycles. The SMILES string of the molecule is O=S(=O)(F)c1nc(F)ccc1Cl. The van der Waals surface area contributed by atoms with Crippen molar-refractivity contribution in [3.8, 4) is 0 Å². The number of nitrogens with zero attached hydrogens (tertiary/aromatic N) is 1. The van der Waals surface area contributed by atoms with Crippen molar-refractivity contribution in [2.45, 2.75) is 5.03 Å². The minimum atomic E-state index is -5.04. The maximum atomic E-state index is 12.3. The van der Waals surface area contributed by atoms with Crippen molar-refractivity contribution in [3.05, 3.63) is 23.1 Å². The van der Waals surface area contributed by atoms with Gasteiger partial charge >= 0.3 is 10.2 Å². The van der Waals surface area contributed by atoms with Crippen molar-refractivity contribution < 1.29 is 16.7 Å². The molecule has 0 saturated carbocycles. The highest BCUT2D eigenvalue weighted by Gasteiger charge is 2.18. The average molecular weight is 214 g/mol. The molecule has 7 heteroatoms. The van der Waals surface area contributed by atoms with Gasteiger partial charge in [-0.1, -0.05) is 15.5 Å². The molecule has 3 nitrogen and oxygen atoms in total. The Morgan fingerprint density at radius 2 is 2.00 bits per heavy atom. The van der Waals surface area contributed by atoms with Crippen LogP contribution in [0.1, 0.15) is 0 Å². The van der Waals surface area contributed by atoms with Gasteiger partial charge in [0.2, 0.25) is 11.0 Å². The molecule has 1 aromatic rings. The summed E-state index contributed by atoms with van der Waals surface area (Å²) in [6.45, 7) is 0. The van der Waals surface area contributed by atoms with E-state index in [2.05, 4.69) is 4.98 Å². The molecule has 1 heterocycles. The normalized spacial score (nSPS) is 11.6. The van der Waals surface area contributed by atoms with E-state index in [1.54, 1.807) is 0 Å². The van der Waals surface area contributed by atoms with Crippen molar-refractivity contribution in [1.29, 1.82) is 0 Å². The topological polar surface area (TPSA) is 47.0 Å². The van der Waals surface area contributed by atoms with Crippen molar-refractivity contribution >= 4 is 21.8 Å². The summed E-state index contributed by atoms with van der Waals surface area (Å²) in [5.41, 5.74) is 0. The van der Waals surface area contributed by atoms with Crippen LogP contribution in [-0.2, 0) is 10.2 Å². The molecule has 66 valence electrons. The van der Waals surface area contributed by atoms with Crippen LogP contribution in [0.5, 0.6) is 0 Å². The predicted octanol–water partition coefficient (Wildman–Crippen LogP) is 1.53. The van der Waals surface area contributed by atoms with Crippen LogP contribution in [0, 0.1) is 5.95 Å². The Labute approximate surface area is 72.2 Å². The maximum Gasteiger partial charge on any atom is 0.351 e. The summed E-state index contributed by atoms with van der Waals surface area (Å²) in [6.07, 6.45) is 0. The van der Waals surface area contributed by atoms with Gasteiger partial charge in [0.25, 0.3) is 0 Å². The number of aromatic nitrogens is 1. The summed E-state index contributed by atoms with van der Waals surface area (Å²) in [7, 11) is -5.04. The van der Waals surface area contributed by atoms with Crippen LogP contribution in [0.3, 0.4) is 0 Å². The molecule has 12 heavy (non-hydrogen) atoms. The molecule has 0 N–H and O–H groups in total. The van der Waals surface area contributed by atoms with Crippen LogP contribution >= 0.6 is 11.6 Å². The van der Waals surface area contributed by atoms with E-state index in [1.165, 1.54) is 0 Å². The van der Waals surface area contributed by atoms with Gasteiger partial charge in [-0.2, -0.15) is 12.8 Å². The fourth-order valence-electron chi connectivity index (χ4n) is 0.572. The molecule has 0 radical (unpaired) electrons. The minimum absolute atomic E-state index is 0.445. The molecular formula is C5H2ClF2NO2S. The summed E-state index contributed by atoms with van der Waals surface area (Å²) < 4.78 is 44.9. The van der Waals surface area contributed by atoms with Crippen LogP contribution in [0.25, 0.3) is 0 Å². The van der Waals surface area contributed by atoms with Crippen molar-refractivity contribution in [1.82, 2.24) is 4.98 Å². The molecule has 0 aliphatic heterocycles. The summed E-state index contributed by atoms with van der Waals surface area (Å²) in [6, 6.07) is 1.74. The van der Waals surface area contributed by atoms with Crippen LogP contribution in [0.15, 0.2) is 17.2 Å². The molecule has 0 saturated heterocycles. The van der Waals surface area contributed by atoms with E-state index < -0.39 is 26.2 Å². The lowest BCUT2D eigenvalue weighted by atomic mass is 10.5. The van der Waals surface area contributed by atoms with Gasteiger partial charge in [-0.05, 0) is 12.1 Å². The van der Waals surface area contributed by atoms with Gasteiger partial charge in [0.05, 0.1) is 5.02 Å². The number of rotatable bonds is 1. The summed E-state index contributed by atoms with van der Waals surface area (Å²) >= 11 is 5.23. The Kier molecular flexibility index (Phi) is 2.29. The Hall–Kier alpha value is -0.750. The zero-order valence-electron chi connectivity index (χ0n) is 5.46. The van der Waals surface area contributed by atoms with E-state index >= 15 is 0 Å². The predicted molar refractivity (Wildman–Crippen MR) is 37.5 cm³/mol. The lowest BCUT2D eigenvalue weighted by molar-refractivity contribution is 0.531. The van der Waals surface area contributed by atoms with Gasteiger partial charge in [0.1, 0.15) is 0 Å². The molecule has 0 unspecified atom stereocenters. The van der Waals surface area contributed by atoms with Crippen LogP contribution in [-0.4, -0.2) is 13.4 Å². The largest absolute Gasteiger partial charge is 0.351 e. The number of hydrogen-bond donors (Lipinski definition) is 0. The maximum absolute atomic E-state index is 12.3. The molecule has 0 fully saturated rings. The molecular weight excluding hydrogens is 212 g/mol. The second-order valence-corrected chi connectivity index (χ2v) is 3.53. The molecule has 0 aromatic carbocycles. The Bertz CT molecular complexity index is 406. The van der Waals surface area contributed by atoms with Gasteiger partial charge < -0.3 is 0 Å². The van der Waals surface area contributed by atoms with Crippen LogP contribution in [0.2, 0.25) is 5.02 Å². The van der Waals surface area contributed by atoms with Crippen LogP contribution < -0.4 is 0 Å². The highest BCUT2D eigenvalue weighted by atomic mass is 35.5. The Morgan fingerprint density at radius 1 is 1.42 bits per heavy atom. The van der Waals surface area contributed by atoms with Gasteiger partial charge in [-0.25, -0.2) is 4.98 Å². The first-order valence-corrected chi connectivity index (χ1v) is 4.44. The second-order valence-electron chi connectivity index (χ2n) is 1.86. The summed E-state index contributed by atoms with van der Waals surface area (Å²) in [5.74, 6) is -1.10. The zero-order valence-corrected chi connectivity index (χ0v) is 7.03. The third kappa shape index (κ3) is 1.89. The van der Waals surface area contributed by atoms with E-state index in [4.69, 9.17) is 11.6 Å². The first kappa shape index (κ1) is 9.34. The first-order chi connectivity index (χ1) is 5.41. The van der Waals surface area contributed by atoms with Gasteiger partial charge in [-0.3, -0.25) is 0 Å². The molecule has 0 aliphatic carbocycles. The average Bonchev–Trinajstić information content (AvgIpc) is 1.92. The summed E-state index contributed by atoms with van der Waals surface area (Å²) in [4.78, 5) is 2.78. The Morgan fingerprint density at radius 3 is 2.42 bits per heavy atom. The third-order valence-electron chi connectivity index (χ3n) is 1.01. The van der Waals surface area contributed by atoms with E-state index in [1.807, 2.05) is 0 Å². The Balaban J connectivity index is 3.43. The quantitative estimate of drug-likeness (QED) is 0.525. The number of halogens is 3. The smallest absolute Gasteiger partial charge is 0.204 e. The van der Waals surface area contributed by atoms with E-state index in [0.29, 0.717) is 0 Å². The number of pyridine rings is 1. The van der Waals surface area contributed by atoms with E-state index in [0.717, 1.165) is 12.1 Å². The molecule has 0 spiro atoms. The molecule has 0 atom stereocenters. The standard InChI is InChI=1S/C5H2ClF2NO2S/c6-3-1-2-4(7)9-5(3)12(8,10)11/h1-2H. The molecule has 0 amide bonds. The lowest BCUT2D eigenvalue weighted by Gasteiger charge is -1.96. The molecule has 1 rings (SSSR count). The summed E-state index contributed by atoms with van der Waals surface area (Å²) in [5, 5.41) is -1.54. The molecule has 0 aliphatic rings. The van der Waals surface area contributed by atoms with Crippen LogP contribution in [0.4, 0.5) is 8.28 Å². The zero-order chi connectivity index (χ0) is 9.35. The van der Waals surface area contributed by atoms with Gasteiger partial charge in [0, 0.05) is 0 Å². The van der Waals surface area contributed by atoms with Gasteiger partial charge in [0.15, 0.2) is 0 Å². The third-order valence-corrected chi connectivity index (χ3v) is 2.20. The fraction of sp³-hybridized carbons (Fsp3) is 0. The number of hydrogen-bond acceptors (Lipinski definition) is 3. The highest BCUT2D eigenvalue weighted by molar-refractivity contribution is 7.86. The van der Waals surface area contributed by atoms with Crippen molar-refractivity contribution in [2.75, 3.05) is 0 Å².